The molecule has 0 spiro atoms. The molecular formula is C22H33NO4. The molecule has 1 aromatic carbocycles. The Morgan fingerprint density at radius 2 is 1.74 bits per heavy atom. The quantitative estimate of drug-likeness (QED) is 0.599. The molecule has 0 bridgehead atoms. The lowest BCUT2D eigenvalue weighted by atomic mass is 9.71. The maximum Gasteiger partial charge on any atom is 0.305 e. The summed E-state index contributed by atoms with van der Waals surface area (Å²) >= 11 is 0. The number of ether oxygens (including phenoxy) is 2. The van der Waals surface area contributed by atoms with Gasteiger partial charge in [-0.15, -0.1) is 0 Å². The van der Waals surface area contributed by atoms with Crippen molar-refractivity contribution >= 4 is 11.9 Å². The third kappa shape index (κ3) is 7.33. The van der Waals surface area contributed by atoms with Gasteiger partial charge in [0.1, 0.15) is 0 Å². The Morgan fingerprint density at radius 3 is 2.33 bits per heavy atom. The van der Waals surface area contributed by atoms with E-state index in [1.807, 2.05) is 6.92 Å². The first kappa shape index (κ1) is 21.4. The van der Waals surface area contributed by atoms with Crippen LogP contribution >= 0.6 is 0 Å². The second kappa shape index (κ2) is 10.5. The summed E-state index contributed by atoms with van der Waals surface area (Å²) in [6.07, 6.45) is 5.10. The summed E-state index contributed by atoms with van der Waals surface area (Å²) in [6.45, 7) is 4.71. The lowest BCUT2D eigenvalue weighted by Gasteiger charge is -2.34. The van der Waals surface area contributed by atoms with Gasteiger partial charge in [0.05, 0.1) is 19.8 Å². The van der Waals surface area contributed by atoms with Crippen molar-refractivity contribution in [2.75, 3.05) is 7.11 Å². The van der Waals surface area contributed by atoms with Crippen molar-refractivity contribution < 1.29 is 19.1 Å². The fourth-order valence-electron chi connectivity index (χ4n) is 3.63. The van der Waals surface area contributed by atoms with Gasteiger partial charge in [-0.2, -0.15) is 0 Å². The van der Waals surface area contributed by atoms with Crippen LogP contribution in [0, 0.1) is 17.8 Å². The van der Waals surface area contributed by atoms with Crippen LogP contribution in [0.2, 0.25) is 0 Å². The molecule has 1 aliphatic carbocycles. The van der Waals surface area contributed by atoms with Gasteiger partial charge >= 0.3 is 5.97 Å². The van der Waals surface area contributed by atoms with Gasteiger partial charge in [-0.3, -0.25) is 9.59 Å². The van der Waals surface area contributed by atoms with Crippen LogP contribution in [0.5, 0.6) is 0 Å². The second-order valence-corrected chi connectivity index (χ2v) is 8.00. The molecule has 5 nitrogen and oxygen atoms in total. The smallest absolute Gasteiger partial charge is 0.305 e. The molecule has 27 heavy (non-hydrogen) atoms. The van der Waals surface area contributed by atoms with E-state index in [4.69, 9.17) is 15.2 Å². The maximum atomic E-state index is 11.3. The predicted molar refractivity (Wildman–Crippen MR) is 105 cm³/mol. The Labute approximate surface area is 162 Å². The van der Waals surface area contributed by atoms with Crippen molar-refractivity contribution in [3.63, 3.8) is 0 Å². The van der Waals surface area contributed by atoms with Gasteiger partial charge in [-0.25, -0.2) is 0 Å². The van der Waals surface area contributed by atoms with Crippen LogP contribution in [0.1, 0.15) is 57.1 Å². The molecule has 2 atom stereocenters. The minimum Gasteiger partial charge on any atom is -0.469 e. The van der Waals surface area contributed by atoms with Crippen LogP contribution in [0.25, 0.3) is 0 Å². The number of esters is 1. The summed E-state index contributed by atoms with van der Waals surface area (Å²) in [5, 5.41) is 0. The Morgan fingerprint density at radius 1 is 1.11 bits per heavy atom. The van der Waals surface area contributed by atoms with E-state index >= 15 is 0 Å². The molecule has 0 aliphatic heterocycles. The number of benzene rings is 1. The van der Waals surface area contributed by atoms with E-state index in [9.17, 15) is 9.59 Å². The first-order chi connectivity index (χ1) is 12.9. The van der Waals surface area contributed by atoms with Crippen LogP contribution < -0.4 is 5.73 Å². The van der Waals surface area contributed by atoms with Crippen molar-refractivity contribution in [1.82, 2.24) is 0 Å². The molecule has 1 amide bonds. The van der Waals surface area contributed by atoms with Crippen molar-refractivity contribution in [2.45, 2.75) is 65.1 Å². The van der Waals surface area contributed by atoms with Crippen molar-refractivity contribution in [3.05, 3.63) is 35.4 Å². The van der Waals surface area contributed by atoms with Gasteiger partial charge in [0.2, 0.25) is 5.91 Å². The SMILES string of the molecule is COC(=O)CC1CC(Cc2ccc(CO[C@H](C)C(C)CCC(N)=O)cc2)C1. The number of rotatable bonds is 11. The highest BCUT2D eigenvalue weighted by Crippen LogP contribution is 2.38. The molecule has 0 heterocycles. The Balaban J connectivity index is 1.68. The summed E-state index contributed by atoms with van der Waals surface area (Å²) in [6, 6.07) is 8.60. The summed E-state index contributed by atoms with van der Waals surface area (Å²) in [7, 11) is 1.45. The summed E-state index contributed by atoms with van der Waals surface area (Å²) in [5.74, 6) is 1.11. The topological polar surface area (TPSA) is 78.6 Å². The van der Waals surface area contributed by atoms with Gasteiger partial charge in [0.15, 0.2) is 0 Å². The van der Waals surface area contributed by atoms with Gasteiger partial charge in [0.25, 0.3) is 0 Å². The summed E-state index contributed by atoms with van der Waals surface area (Å²) in [5.41, 5.74) is 7.70. The standard InChI is InChI=1S/C22H33NO4/c1-15(4-9-21(23)24)16(2)27-14-18-7-5-17(6-8-18)10-19-11-20(12-19)13-22(25)26-3/h5-8,15-16,19-20H,4,9-14H2,1-3H3,(H2,23,24)/t15?,16-,19?,20?/m1/s1. The molecule has 2 N–H and O–H groups in total. The molecule has 1 saturated carbocycles. The predicted octanol–water partition coefficient (Wildman–Crippen LogP) is 3.63. The molecule has 0 saturated heterocycles. The average Bonchev–Trinajstić information content (AvgIpc) is 2.63. The second-order valence-electron chi connectivity index (χ2n) is 8.00. The molecule has 1 aromatic rings. The number of carbonyl (C=O) groups excluding carboxylic acids is 2. The fraction of sp³-hybridized carbons (Fsp3) is 0.636. The summed E-state index contributed by atoms with van der Waals surface area (Å²) < 4.78 is 10.7. The van der Waals surface area contributed by atoms with Gasteiger partial charge < -0.3 is 15.2 Å². The Bertz CT molecular complexity index is 607. The van der Waals surface area contributed by atoms with Crippen LogP contribution in [-0.2, 0) is 32.1 Å². The lowest BCUT2D eigenvalue weighted by Crippen LogP contribution is -2.27. The van der Waals surface area contributed by atoms with E-state index in [-0.39, 0.29) is 18.0 Å². The normalized spacial score (nSPS) is 21.1. The Kier molecular flexibility index (Phi) is 8.29. The highest BCUT2D eigenvalue weighted by molar-refractivity contribution is 5.73. The van der Waals surface area contributed by atoms with E-state index in [1.165, 1.54) is 12.7 Å². The first-order valence-corrected chi connectivity index (χ1v) is 9.92. The largest absolute Gasteiger partial charge is 0.469 e. The zero-order chi connectivity index (χ0) is 19.8. The monoisotopic (exact) mass is 375 g/mol. The minimum absolute atomic E-state index is 0.0887. The van der Waals surface area contributed by atoms with Gasteiger partial charge in [-0.1, -0.05) is 31.2 Å². The molecule has 1 aliphatic rings. The number of primary amides is 1. The first-order valence-electron chi connectivity index (χ1n) is 9.92. The van der Waals surface area contributed by atoms with Gasteiger partial charge in [-0.05, 0) is 61.5 Å². The van der Waals surface area contributed by atoms with Crippen LogP contribution in [-0.4, -0.2) is 25.1 Å². The van der Waals surface area contributed by atoms with E-state index in [1.54, 1.807) is 0 Å². The average molecular weight is 376 g/mol. The van der Waals surface area contributed by atoms with Gasteiger partial charge in [0, 0.05) is 12.8 Å². The number of carbonyl (C=O) groups is 2. The van der Waals surface area contributed by atoms with Crippen LogP contribution in [0.15, 0.2) is 24.3 Å². The van der Waals surface area contributed by atoms with Crippen molar-refractivity contribution in [3.8, 4) is 0 Å². The molecule has 0 aromatic heterocycles. The minimum atomic E-state index is -0.257. The zero-order valence-corrected chi connectivity index (χ0v) is 16.8. The van der Waals surface area contributed by atoms with E-state index in [0.717, 1.165) is 31.2 Å². The van der Waals surface area contributed by atoms with Crippen LogP contribution in [0.3, 0.4) is 0 Å². The number of amides is 1. The highest BCUT2D eigenvalue weighted by atomic mass is 16.5. The third-order valence-electron chi connectivity index (χ3n) is 5.72. The number of methoxy groups -OCH3 is 1. The van der Waals surface area contributed by atoms with E-state index < -0.39 is 0 Å². The molecule has 2 rings (SSSR count). The zero-order valence-electron chi connectivity index (χ0n) is 16.8. The molecular weight excluding hydrogens is 342 g/mol. The number of hydrogen-bond donors (Lipinski definition) is 1. The van der Waals surface area contributed by atoms with E-state index in [2.05, 4.69) is 31.2 Å². The van der Waals surface area contributed by atoms with E-state index in [0.29, 0.717) is 37.2 Å². The fourth-order valence-corrected chi connectivity index (χ4v) is 3.63. The number of hydrogen-bond acceptors (Lipinski definition) is 4. The molecule has 1 fully saturated rings. The summed E-state index contributed by atoms with van der Waals surface area (Å²) in [4.78, 5) is 22.2. The molecule has 150 valence electrons. The molecule has 5 heteroatoms. The molecule has 1 unspecified atom stereocenters. The van der Waals surface area contributed by atoms with Crippen LogP contribution in [0.4, 0.5) is 0 Å². The lowest BCUT2D eigenvalue weighted by molar-refractivity contribution is -0.142. The molecule has 0 radical (unpaired) electrons. The Hall–Kier alpha value is -1.88. The maximum absolute atomic E-state index is 11.3. The number of nitrogens with two attached hydrogens (primary N) is 1. The highest BCUT2D eigenvalue weighted by Gasteiger charge is 2.30. The third-order valence-corrected chi connectivity index (χ3v) is 5.72. The van der Waals surface area contributed by atoms with Crippen molar-refractivity contribution in [1.29, 1.82) is 0 Å². The van der Waals surface area contributed by atoms with Crippen molar-refractivity contribution in [2.24, 2.45) is 23.5 Å².